The number of hydrogen-bond donors (Lipinski definition) is 5. The Hall–Kier alpha value is -9.79. The molecule has 0 saturated carbocycles. The van der Waals surface area contributed by atoms with Gasteiger partial charge in [-0.05, 0) is 212 Å². The molecule has 0 radical (unpaired) electrons. The molecule has 9 aromatic rings. The van der Waals surface area contributed by atoms with Gasteiger partial charge >= 0.3 is 24.4 Å². The molecular formula is C97H119Cl8N9O14. The van der Waals surface area contributed by atoms with E-state index in [0.29, 0.717) is 126 Å². The van der Waals surface area contributed by atoms with Crippen molar-refractivity contribution in [1.82, 2.24) is 29.9 Å². The summed E-state index contributed by atoms with van der Waals surface area (Å²) >= 11 is 41.6. The standard InChI is InChI=1S/C27H33Cl2N3O5.C21H23Cl2NO3.C17H17Cl2N3O.C14H19NO3.C9H7NO.C5H10O.C3H6.CH3Cl.ClH/c1-26(2,3)36-24(33)30-23(31-25(34)37-27(4,5)6)32-14-13-19-17(15-32)9-8-12-21(19)35-16-18-10-7-11-20(28)22(18)29;1-21(2,3)27-20(25)24-11-10-16-14(12-24)6-5-9-18(16)26-13-15-7-4-8-17(22)19(15)23;18-14-5-1-4-12(16(14)19)10-23-15-6-2-3-11-9-22(17(20)21)8-7-13(11)15;1-14(2,3)18-13(17)15-8-7-11-10(9-15)5-4-6-12(11)16;11-9-3-1-2-7-6-10-5-4-8(7)9;1-5-3-2-4-6-5;1-3-2;1-2;/h7-12H,13-16H2,1-6H3,(H,30,31,33,34);4-9H,10-13H2,1-3H3;1-6H,7-10H2,(H3,20,21);4-6,16H,7-9H2,1-3H3;1-6,11H;5H,2-4H2,1H3;3H,1H2,2H3;1H3;1H. The lowest BCUT2D eigenvalue weighted by molar-refractivity contribution is 0.0213. The molecule has 1 saturated heterocycles. The third-order valence-corrected chi connectivity index (χ3v) is 21.7. The molecule has 1 atom stereocenters. The number of phenols is 2. The fraction of sp³-hybridized carbons (Fsp3) is 0.392. The van der Waals surface area contributed by atoms with E-state index in [4.69, 9.17) is 119 Å². The topological polar surface area (TPSA) is 283 Å². The molecule has 5 aliphatic rings. The first-order valence-electron chi connectivity index (χ1n) is 41.6. The van der Waals surface area contributed by atoms with E-state index in [-0.39, 0.29) is 43.1 Å². The number of hydrogen-bond acceptors (Lipinski definition) is 16. The van der Waals surface area contributed by atoms with E-state index in [0.717, 1.165) is 103 Å². The molecule has 8 aromatic carbocycles. The number of aliphatic imine (C=N–C) groups is 1. The van der Waals surface area contributed by atoms with Crippen LogP contribution in [-0.2, 0) is 95.4 Å². The van der Waals surface area contributed by atoms with Crippen LogP contribution in [0, 0.1) is 5.41 Å². The van der Waals surface area contributed by atoms with Gasteiger partial charge in [0.15, 0.2) is 5.96 Å². The van der Waals surface area contributed by atoms with Gasteiger partial charge in [-0.1, -0.05) is 173 Å². The van der Waals surface area contributed by atoms with Crippen LogP contribution in [0.4, 0.5) is 19.2 Å². The van der Waals surface area contributed by atoms with Crippen LogP contribution in [0.1, 0.15) is 171 Å². The molecule has 1 fully saturated rings. The van der Waals surface area contributed by atoms with E-state index < -0.39 is 34.6 Å². The molecule has 0 aliphatic carbocycles. The Morgan fingerprint density at radius 2 is 0.883 bits per heavy atom. The molecule has 0 spiro atoms. The molecule has 0 bridgehead atoms. The predicted molar refractivity (Wildman–Crippen MR) is 517 cm³/mol. The maximum absolute atomic E-state index is 12.5. The number of nitrogens with one attached hydrogen (secondary N) is 2. The summed E-state index contributed by atoms with van der Waals surface area (Å²) in [6.07, 6.45) is 10.4. The smallest absolute Gasteiger partial charge is 0.437 e. The predicted octanol–water partition coefficient (Wildman–Crippen LogP) is 24.7. The lowest BCUT2D eigenvalue weighted by atomic mass is 9.99. The van der Waals surface area contributed by atoms with E-state index in [1.165, 1.54) is 24.8 Å². The molecule has 14 rings (SSSR count). The van der Waals surface area contributed by atoms with Crippen LogP contribution in [0.15, 0.2) is 182 Å². The Labute approximate surface area is 794 Å². The molecule has 1 aromatic heterocycles. The van der Waals surface area contributed by atoms with Gasteiger partial charge in [0.1, 0.15) is 71.0 Å². The minimum Gasteiger partial charge on any atom is -0.508 e. The number of guanidine groups is 2. The second-order valence-electron chi connectivity index (χ2n) is 33.8. The maximum Gasteiger partial charge on any atom is 0.437 e. The van der Waals surface area contributed by atoms with E-state index in [2.05, 4.69) is 40.4 Å². The number of aromatic nitrogens is 1. The summed E-state index contributed by atoms with van der Waals surface area (Å²) in [5, 5.41) is 34.1. The Morgan fingerprint density at radius 3 is 1.27 bits per heavy atom. The summed E-state index contributed by atoms with van der Waals surface area (Å²) in [5.74, 6) is 3.19. The highest BCUT2D eigenvalue weighted by molar-refractivity contribution is 6.43. The second-order valence-corrected chi connectivity index (χ2v) is 36.1. The van der Waals surface area contributed by atoms with Crippen LogP contribution in [-0.4, -0.2) is 139 Å². The normalized spacial score (nSPS) is 14.2. The zero-order chi connectivity index (χ0) is 93.5. The van der Waals surface area contributed by atoms with Crippen LogP contribution in [0.2, 0.25) is 30.1 Å². The van der Waals surface area contributed by atoms with Gasteiger partial charge in [-0.25, -0.2) is 19.2 Å². The highest BCUT2D eigenvalue weighted by Gasteiger charge is 2.32. The molecule has 31 heteroatoms. The number of carbonyl (C=O) groups excluding carboxylic acids is 4. The van der Waals surface area contributed by atoms with E-state index >= 15 is 0 Å². The number of rotatable bonds is 9. The first-order valence-corrected chi connectivity index (χ1v) is 44.6. The van der Waals surface area contributed by atoms with Crippen LogP contribution < -0.4 is 25.3 Å². The maximum atomic E-state index is 12.5. The van der Waals surface area contributed by atoms with Gasteiger partial charge in [-0.15, -0.1) is 35.6 Å². The van der Waals surface area contributed by atoms with Crippen molar-refractivity contribution in [2.45, 2.75) is 210 Å². The Kier molecular flexibility index (Phi) is 42.6. The Balaban J connectivity index is 0.000000247. The van der Waals surface area contributed by atoms with Crippen molar-refractivity contribution >= 4 is 141 Å². The van der Waals surface area contributed by atoms with Crippen molar-refractivity contribution in [3.8, 4) is 28.7 Å². The average molecular weight is 1920 g/mol. The van der Waals surface area contributed by atoms with Gasteiger partial charge in [0, 0.05) is 127 Å². The van der Waals surface area contributed by atoms with Crippen LogP contribution in [0.5, 0.6) is 28.7 Å². The first kappa shape index (κ1) is 107. The van der Waals surface area contributed by atoms with E-state index in [9.17, 15) is 29.4 Å². The third kappa shape index (κ3) is 34.6. The van der Waals surface area contributed by atoms with Crippen LogP contribution >= 0.6 is 93.6 Å². The highest BCUT2D eigenvalue weighted by atomic mass is 35.5. The summed E-state index contributed by atoms with van der Waals surface area (Å²) in [5.41, 5.74) is 14.1. The van der Waals surface area contributed by atoms with E-state index in [1.54, 1.807) is 123 Å². The van der Waals surface area contributed by atoms with E-state index in [1.807, 2.05) is 156 Å². The number of carbonyl (C=O) groups is 4. The highest BCUT2D eigenvalue weighted by Crippen LogP contribution is 2.37. The molecular weight excluding hydrogens is 1800 g/mol. The number of ether oxygens (including phenoxy) is 8. The minimum absolute atomic E-state index is 0. The molecule has 692 valence electrons. The SMILES string of the molecule is C=CC.CC(C)(C)OC(=O)N1CCc2c(O)cccc2C1.CC(C)(C)OC(=O)N1CCc2c(cccc2OCc2cccc(Cl)c2Cl)C1.CC(C)(C)OC(=O)N=C(NC(=O)OC(C)(C)C)N1CCc2c(cccc2OCc2cccc(Cl)c2Cl)C1.CC1CCCO1.CCl.Cl.N=C(N)N1CCc2c(cccc2OCc2cccc(Cl)c2Cl)C1.Oc1cccc2cnccc12. The quantitative estimate of drug-likeness (QED) is 0.0295. The number of aromatic hydroxyl groups is 2. The first-order chi connectivity index (χ1) is 60.1. The Bertz CT molecular complexity index is 5220. The molecule has 1 unspecified atom stereocenters. The number of fused-ring (bicyclic) bond motifs is 5. The molecule has 6 N–H and O–H groups in total. The lowest BCUT2D eigenvalue weighted by Gasteiger charge is -2.32. The number of alkyl halides is 1. The fourth-order valence-corrected chi connectivity index (χ4v) is 14.4. The molecule has 4 amide bonds. The largest absolute Gasteiger partial charge is 0.508 e. The van der Waals surface area contributed by atoms with Gasteiger partial charge in [0.25, 0.3) is 0 Å². The summed E-state index contributed by atoms with van der Waals surface area (Å²) in [7, 11) is 0. The van der Waals surface area contributed by atoms with Crippen molar-refractivity contribution in [1.29, 1.82) is 5.41 Å². The van der Waals surface area contributed by atoms with Gasteiger partial charge in [0.05, 0.1) is 36.2 Å². The summed E-state index contributed by atoms with van der Waals surface area (Å²) in [4.78, 5) is 64.3. The fourth-order valence-electron chi connectivity index (χ4n) is 13.3. The zero-order valence-electron chi connectivity index (χ0n) is 75.3. The Morgan fingerprint density at radius 1 is 0.523 bits per heavy atom. The number of allylic oxidation sites excluding steroid dienone is 1. The minimum atomic E-state index is -0.806. The molecule has 6 heterocycles. The monoisotopic (exact) mass is 1910 g/mol. The number of nitrogens with two attached hydrogens (primary N) is 1. The number of halogens is 8. The average Bonchev–Trinajstić information content (AvgIpc) is 0.838. The van der Waals surface area contributed by atoms with Crippen LogP contribution in [0.3, 0.4) is 0 Å². The second kappa shape index (κ2) is 51.0. The lowest BCUT2D eigenvalue weighted by Crippen LogP contribution is -2.48. The van der Waals surface area contributed by atoms with Crippen molar-refractivity contribution in [3.63, 3.8) is 0 Å². The summed E-state index contributed by atoms with van der Waals surface area (Å²) < 4.78 is 44.8. The molecule has 128 heavy (non-hydrogen) atoms. The van der Waals surface area contributed by atoms with Crippen molar-refractivity contribution in [2.75, 3.05) is 39.2 Å². The van der Waals surface area contributed by atoms with Gasteiger partial charge < -0.3 is 73.4 Å². The number of benzene rings is 8. The van der Waals surface area contributed by atoms with Gasteiger partial charge in [-0.3, -0.25) is 15.7 Å². The van der Waals surface area contributed by atoms with Gasteiger partial charge in [0.2, 0.25) is 5.96 Å². The summed E-state index contributed by atoms with van der Waals surface area (Å²) in [6.45, 7) is 35.4. The number of amides is 4. The zero-order valence-corrected chi connectivity index (χ0v) is 81.4. The third-order valence-electron chi connectivity index (χ3n) is 19.1. The van der Waals surface area contributed by atoms with Crippen molar-refractivity contribution < 1.29 is 67.3 Å². The number of nitrogens with zero attached hydrogens (tertiary/aromatic N) is 6. The van der Waals surface area contributed by atoms with Crippen molar-refractivity contribution in [2.24, 2.45) is 10.7 Å². The number of alkyl carbamates (subject to hydrolysis) is 1. The molecule has 5 aliphatic heterocycles. The number of phenolic OH excluding ortho intramolecular Hbond substituents is 2. The molecule has 23 nitrogen and oxygen atoms in total. The summed E-state index contributed by atoms with van der Waals surface area (Å²) in [6, 6.07) is 46.7. The van der Waals surface area contributed by atoms with Gasteiger partial charge in [-0.2, -0.15) is 0 Å². The van der Waals surface area contributed by atoms with Crippen LogP contribution in [0.25, 0.3) is 10.8 Å². The number of pyridine rings is 1. The van der Waals surface area contributed by atoms with Crippen molar-refractivity contribution in [3.05, 3.63) is 268 Å².